The fourth-order valence-electron chi connectivity index (χ4n) is 1.25. The second-order valence-electron chi connectivity index (χ2n) is 3.00. The minimum Gasteiger partial charge on any atom is -0.316 e. The van der Waals surface area contributed by atoms with Crippen LogP contribution in [0.2, 0.25) is 5.82 Å². The van der Waals surface area contributed by atoms with Crippen molar-refractivity contribution in [1.82, 2.24) is 5.32 Å². The SMILES string of the molecule is BC(C)C1CCNC1. The van der Waals surface area contributed by atoms with E-state index in [4.69, 9.17) is 0 Å². The third-order valence-electron chi connectivity index (χ3n) is 2.04. The normalized spacial score (nSPS) is 32.9. The van der Waals surface area contributed by atoms with Gasteiger partial charge < -0.3 is 5.32 Å². The van der Waals surface area contributed by atoms with E-state index in [1.54, 1.807) is 0 Å². The molecule has 0 aliphatic carbocycles. The van der Waals surface area contributed by atoms with Crippen molar-refractivity contribution in [1.29, 1.82) is 0 Å². The van der Waals surface area contributed by atoms with Gasteiger partial charge in [0.1, 0.15) is 7.85 Å². The molecule has 1 nitrogen and oxygen atoms in total. The van der Waals surface area contributed by atoms with Crippen molar-refractivity contribution >= 4 is 7.85 Å². The van der Waals surface area contributed by atoms with Crippen molar-refractivity contribution in [3.63, 3.8) is 0 Å². The third kappa shape index (κ3) is 1.25. The monoisotopic (exact) mass is 111 g/mol. The van der Waals surface area contributed by atoms with E-state index in [0.29, 0.717) is 0 Å². The summed E-state index contributed by atoms with van der Waals surface area (Å²) in [7, 11) is 2.30. The summed E-state index contributed by atoms with van der Waals surface area (Å²) >= 11 is 0. The van der Waals surface area contributed by atoms with Crippen molar-refractivity contribution in [3.05, 3.63) is 0 Å². The molecule has 1 heterocycles. The highest BCUT2D eigenvalue weighted by molar-refractivity contribution is 6.11. The molecule has 0 aromatic rings. The van der Waals surface area contributed by atoms with E-state index in [1.165, 1.54) is 19.5 Å². The second-order valence-corrected chi connectivity index (χ2v) is 3.00. The molecule has 8 heavy (non-hydrogen) atoms. The molecule has 2 atom stereocenters. The maximum atomic E-state index is 3.35. The smallest absolute Gasteiger partial charge is 0.105 e. The minimum atomic E-state index is 0.880. The Labute approximate surface area is 52.3 Å². The molecule has 2 heteroatoms. The summed E-state index contributed by atoms with van der Waals surface area (Å²) in [6.45, 7) is 4.79. The van der Waals surface area contributed by atoms with Crippen LogP contribution in [0.1, 0.15) is 13.3 Å². The Morgan fingerprint density at radius 2 is 2.50 bits per heavy atom. The minimum absolute atomic E-state index is 0.880. The van der Waals surface area contributed by atoms with Gasteiger partial charge in [-0.2, -0.15) is 0 Å². The molecule has 0 saturated carbocycles. The van der Waals surface area contributed by atoms with Crippen molar-refractivity contribution in [3.8, 4) is 0 Å². The standard InChI is InChI=1S/C6H14BN/c1-5(7)6-2-3-8-4-6/h5-6,8H,2-4,7H2,1H3. The number of nitrogens with one attached hydrogen (secondary N) is 1. The molecule has 1 fully saturated rings. The molecule has 0 radical (unpaired) electrons. The van der Waals surface area contributed by atoms with Crippen molar-refractivity contribution in [2.24, 2.45) is 5.92 Å². The maximum absolute atomic E-state index is 3.35. The summed E-state index contributed by atoms with van der Waals surface area (Å²) in [5.74, 6) is 1.83. The predicted molar refractivity (Wildman–Crippen MR) is 38.9 cm³/mol. The zero-order valence-electron chi connectivity index (χ0n) is 5.78. The highest BCUT2D eigenvalue weighted by Crippen LogP contribution is 2.19. The van der Waals surface area contributed by atoms with Gasteiger partial charge in [0, 0.05) is 0 Å². The van der Waals surface area contributed by atoms with E-state index < -0.39 is 0 Å². The lowest BCUT2D eigenvalue weighted by Gasteiger charge is -2.10. The molecule has 1 aliphatic rings. The lowest BCUT2D eigenvalue weighted by molar-refractivity contribution is 0.562. The van der Waals surface area contributed by atoms with E-state index in [1.807, 2.05) is 0 Å². The van der Waals surface area contributed by atoms with Gasteiger partial charge in [-0.3, -0.25) is 0 Å². The second kappa shape index (κ2) is 2.54. The molecule has 0 spiro atoms. The molecule has 46 valence electrons. The predicted octanol–water partition coefficient (Wildman–Crippen LogP) is 0.0374. The van der Waals surface area contributed by atoms with Gasteiger partial charge in [-0.15, -0.1) is 0 Å². The first kappa shape index (κ1) is 6.15. The van der Waals surface area contributed by atoms with Crippen LogP contribution in [-0.2, 0) is 0 Å². The van der Waals surface area contributed by atoms with E-state index in [2.05, 4.69) is 20.1 Å². The summed E-state index contributed by atoms with van der Waals surface area (Å²) in [6.07, 6.45) is 1.39. The van der Waals surface area contributed by atoms with Gasteiger partial charge in [-0.25, -0.2) is 0 Å². The number of hydrogen-bond acceptors (Lipinski definition) is 1. The van der Waals surface area contributed by atoms with Crippen LogP contribution < -0.4 is 5.32 Å². The van der Waals surface area contributed by atoms with Crippen molar-refractivity contribution in [2.75, 3.05) is 13.1 Å². The highest BCUT2D eigenvalue weighted by atomic mass is 14.9. The molecule has 1 rings (SSSR count). The molecular weight excluding hydrogens is 96.9 g/mol. The van der Waals surface area contributed by atoms with Crippen LogP contribution in [0.3, 0.4) is 0 Å². The van der Waals surface area contributed by atoms with Crippen LogP contribution in [0.25, 0.3) is 0 Å². The van der Waals surface area contributed by atoms with Gasteiger partial charge in [0.2, 0.25) is 0 Å². The molecule has 0 aromatic carbocycles. The van der Waals surface area contributed by atoms with Crippen LogP contribution in [0.15, 0.2) is 0 Å². The van der Waals surface area contributed by atoms with Crippen LogP contribution in [0, 0.1) is 5.92 Å². The zero-order valence-corrected chi connectivity index (χ0v) is 5.78. The molecule has 1 saturated heterocycles. The summed E-state index contributed by atoms with van der Waals surface area (Å²) in [6, 6.07) is 0. The van der Waals surface area contributed by atoms with Gasteiger partial charge >= 0.3 is 0 Å². The first-order valence-electron chi connectivity index (χ1n) is 3.51. The Kier molecular flexibility index (Phi) is 1.95. The van der Waals surface area contributed by atoms with Crippen LogP contribution >= 0.6 is 0 Å². The van der Waals surface area contributed by atoms with Gasteiger partial charge in [-0.1, -0.05) is 12.7 Å². The molecule has 0 aromatic heterocycles. The molecule has 0 bridgehead atoms. The zero-order chi connectivity index (χ0) is 5.98. The van der Waals surface area contributed by atoms with Gasteiger partial charge in [0.15, 0.2) is 0 Å². The van der Waals surface area contributed by atoms with E-state index >= 15 is 0 Å². The van der Waals surface area contributed by atoms with Crippen molar-refractivity contribution in [2.45, 2.75) is 19.2 Å². The Hall–Kier alpha value is 0.0249. The lowest BCUT2D eigenvalue weighted by atomic mass is 9.78. The Morgan fingerprint density at radius 3 is 2.75 bits per heavy atom. The fourth-order valence-corrected chi connectivity index (χ4v) is 1.25. The average molecular weight is 111 g/mol. The van der Waals surface area contributed by atoms with Gasteiger partial charge in [0.05, 0.1) is 0 Å². The molecule has 2 unspecified atom stereocenters. The van der Waals surface area contributed by atoms with Gasteiger partial charge in [0.25, 0.3) is 0 Å². The first-order valence-corrected chi connectivity index (χ1v) is 3.51. The van der Waals surface area contributed by atoms with Crippen LogP contribution in [-0.4, -0.2) is 20.9 Å². The maximum Gasteiger partial charge on any atom is 0.105 e. The van der Waals surface area contributed by atoms with E-state index in [9.17, 15) is 0 Å². The van der Waals surface area contributed by atoms with Crippen LogP contribution in [0.4, 0.5) is 0 Å². The van der Waals surface area contributed by atoms with E-state index in [0.717, 1.165) is 11.7 Å². The highest BCUT2D eigenvalue weighted by Gasteiger charge is 2.16. The average Bonchev–Trinajstić information content (AvgIpc) is 2.12. The topological polar surface area (TPSA) is 12.0 Å². The fraction of sp³-hybridized carbons (Fsp3) is 1.00. The molecule has 1 aliphatic heterocycles. The largest absolute Gasteiger partial charge is 0.316 e. The quantitative estimate of drug-likeness (QED) is 0.471. The van der Waals surface area contributed by atoms with Crippen molar-refractivity contribution < 1.29 is 0 Å². The summed E-state index contributed by atoms with van der Waals surface area (Å²) < 4.78 is 0. The summed E-state index contributed by atoms with van der Waals surface area (Å²) in [5, 5.41) is 3.35. The molecule has 1 N–H and O–H groups in total. The Bertz CT molecular complexity index is 66.9. The number of hydrogen-bond donors (Lipinski definition) is 1. The summed E-state index contributed by atoms with van der Waals surface area (Å²) in [4.78, 5) is 0. The Balaban J connectivity index is 2.24. The first-order chi connectivity index (χ1) is 3.80. The van der Waals surface area contributed by atoms with Gasteiger partial charge in [-0.05, 0) is 25.4 Å². The number of rotatable bonds is 1. The molecule has 0 amide bonds. The molecular formula is C6H14BN. The lowest BCUT2D eigenvalue weighted by Crippen LogP contribution is -2.11. The summed E-state index contributed by atoms with van der Waals surface area (Å²) in [5.41, 5.74) is 0. The third-order valence-corrected chi connectivity index (χ3v) is 2.04. The van der Waals surface area contributed by atoms with Crippen LogP contribution in [0.5, 0.6) is 0 Å². The Morgan fingerprint density at radius 1 is 1.75 bits per heavy atom. The van der Waals surface area contributed by atoms with E-state index in [-0.39, 0.29) is 0 Å².